The summed E-state index contributed by atoms with van der Waals surface area (Å²) >= 11 is 6.18. The van der Waals surface area contributed by atoms with Gasteiger partial charge in [-0.05, 0) is 0 Å². The first-order valence-electron chi connectivity index (χ1n) is 6.28. The van der Waals surface area contributed by atoms with Gasteiger partial charge in [0.25, 0.3) is 0 Å². The number of nitrogens with one attached hydrogen (secondary N) is 1. The van der Waals surface area contributed by atoms with E-state index in [1.165, 1.54) is 6.92 Å². The second-order valence-corrected chi connectivity index (χ2v) is 5.37. The molecule has 0 radical (unpaired) electrons. The van der Waals surface area contributed by atoms with Gasteiger partial charge in [0, 0.05) is 25.6 Å². The molecule has 2 atom stereocenters. The van der Waals surface area contributed by atoms with Crippen LogP contribution >= 0.6 is 11.6 Å². The first-order valence-corrected chi connectivity index (χ1v) is 6.71. The number of nitrogens with zero attached hydrogens (tertiary/aromatic N) is 1. The van der Waals surface area contributed by atoms with E-state index in [4.69, 9.17) is 11.6 Å². The molecular formula is C14H17ClN2O2. The molecule has 1 fully saturated rings. The SMILES string of the molecule is CC(=O)NC1CN(CC(=O)c2ccccc2)CC1Cl. The molecule has 4 nitrogen and oxygen atoms in total. The van der Waals surface area contributed by atoms with Gasteiger partial charge in [-0.3, -0.25) is 14.5 Å². The molecule has 0 bridgehead atoms. The maximum Gasteiger partial charge on any atom is 0.217 e. The van der Waals surface area contributed by atoms with E-state index in [0.29, 0.717) is 25.2 Å². The van der Waals surface area contributed by atoms with Crippen molar-refractivity contribution in [2.75, 3.05) is 19.6 Å². The number of rotatable bonds is 4. The minimum absolute atomic E-state index is 0.0768. The van der Waals surface area contributed by atoms with Gasteiger partial charge in [0.15, 0.2) is 5.78 Å². The van der Waals surface area contributed by atoms with Gasteiger partial charge in [-0.25, -0.2) is 0 Å². The highest BCUT2D eigenvalue weighted by Crippen LogP contribution is 2.16. The summed E-state index contributed by atoms with van der Waals surface area (Å²) in [6, 6.07) is 9.12. The molecule has 1 aromatic carbocycles. The molecule has 2 rings (SSSR count). The van der Waals surface area contributed by atoms with Gasteiger partial charge in [0.05, 0.1) is 18.0 Å². The third-order valence-electron chi connectivity index (χ3n) is 3.18. The van der Waals surface area contributed by atoms with E-state index in [9.17, 15) is 9.59 Å². The maximum atomic E-state index is 12.1. The van der Waals surface area contributed by atoms with Gasteiger partial charge < -0.3 is 5.32 Å². The first kappa shape index (κ1) is 14.0. The van der Waals surface area contributed by atoms with Gasteiger partial charge in [0.1, 0.15) is 0 Å². The number of hydrogen-bond acceptors (Lipinski definition) is 3. The number of hydrogen-bond donors (Lipinski definition) is 1. The molecule has 1 aromatic rings. The number of ketones is 1. The molecule has 0 spiro atoms. The Morgan fingerprint density at radius 3 is 2.63 bits per heavy atom. The van der Waals surface area contributed by atoms with Gasteiger partial charge in [0.2, 0.25) is 5.91 Å². The van der Waals surface area contributed by atoms with Crippen LogP contribution in [0.2, 0.25) is 0 Å². The van der Waals surface area contributed by atoms with E-state index in [0.717, 1.165) is 0 Å². The van der Waals surface area contributed by atoms with Crippen molar-refractivity contribution in [3.63, 3.8) is 0 Å². The summed E-state index contributed by atoms with van der Waals surface area (Å²) in [6.45, 7) is 3.04. The molecule has 0 aliphatic carbocycles. The van der Waals surface area contributed by atoms with Gasteiger partial charge in [-0.2, -0.15) is 0 Å². The topological polar surface area (TPSA) is 49.4 Å². The smallest absolute Gasteiger partial charge is 0.217 e. The summed E-state index contributed by atoms with van der Waals surface area (Å²) in [6.07, 6.45) is 0. The van der Waals surface area contributed by atoms with Crippen LogP contribution in [0.25, 0.3) is 0 Å². The molecule has 1 N–H and O–H groups in total. The zero-order valence-electron chi connectivity index (χ0n) is 10.8. The Morgan fingerprint density at radius 2 is 2.00 bits per heavy atom. The van der Waals surface area contributed by atoms with Crippen LogP contribution in [0, 0.1) is 0 Å². The molecular weight excluding hydrogens is 264 g/mol. The zero-order valence-corrected chi connectivity index (χ0v) is 11.6. The van der Waals surface area contributed by atoms with Crippen molar-refractivity contribution in [1.29, 1.82) is 0 Å². The Labute approximate surface area is 117 Å². The fourth-order valence-electron chi connectivity index (χ4n) is 2.29. The second kappa shape index (κ2) is 6.17. The summed E-state index contributed by atoms with van der Waals surface area (Å²) < 4.78 is 0. The lowest BCUT2D eigenvalue weighted by Crippen LogP contribution is -2.40. The lowest BCUT2D eigenvalue weighted by molar-refractivity contribution is -0.119. The molecule has 1 saturated heterocycles. The van der Waals surface area contributed by atoms with Gasteiger partial charge in [-0.15, -0.1) is 11.6 Å². The van der Waals surface area contributed by atoms with Gasteiger partial charge in [-0.1, -0.05) is 30.3 Å². The van der Waals surface area contributed by atoms with Crippen LogP contribution in [0.5, 0.6) is 0 Å². The van der Waals surface area contributed by atoms with Crippen LogP contribution in [-0.4, -0.2) is 47.6 Å². The Morgan fingerprint density at radius 1 is 1.32 bits per heavy atom. The molecule has 1 amide bonds. The quantitative estimate of drug-likeness (QED) is 0.668. The zero-order chi connectivity index (χ0) is 13.8. The lowest BCUT2D eigenvalue weighted by atomic mass is 10.1. The fraction of sp³-hybridized carbons (Fsp3) is 0.429. The molecule has 2 unspecified atom stereocenters. The van der Waals surface area contributed by atoms with Crippen molar-refractivity contribution in [1.82, 2.24) is 10.2 Å². The third-order valence-corrected chi connectivity index (χ3v) is 3.62. The van der Waals surface area contributed by atoms with E-state index in [1.807, 2.05) is 35.2 Å². The van der Waals surface area contributed by atoms with E-state index in [-0.39, 0.29) is 23.1 Å². The monoisotopic (exact) mass is 280 g/mol. The highest BCUT2D eigenvalue weighted by atomic mass is 35.5. The summed E-state index contributed by atoms with van der Waals surface area (Å²) in [7, 11) is 0. The number of halogens is 1. The van der Waals surface area contributed by atoms with Crippen LogP contribution in [0.4, 0.5) is 0 Å². The predicted molar refractivity (Wildman–Crippen MR) is 74.5 cm³/mol. The molecule has 0 saturated carbocycles. The minimum Gasteiger partial charge on any atom is -0.351 e. The van der Waals surface area contributed by atoms with E-state index < -0.39 is 0 Å². The summed E-state index contributed by atoms with van der Waals surface area (Å²) in [5.74, 6) is -0.0140. The molecule has 19 heavy (non-hydrogen) atoms. The number of likely N-dealkylation sites (tertiary alicyclic amines) is 1. The maximum absolute atomic E-state index is 12.1. The van der Waals surface area contributed by atoms with Crippen LogP contribution in [0.15, 0.2) is 30.3 Å². The van der Waals surface area contributed by atoms with Crippen LogP contribution in [0.3, 0.4) is 0 Å². The number of amides is 1. The Balaban J connectivity index is 1.91. The largest absolute Gasteiger partial charge is 0.351 e. The minimum atomic E-state index is -0.146. The molecule has 1 aliphatic heterocycles. The lowest BCUT2D eigenvalue weighted by Gasteiger charge is -2.15. The average Bonchev–Trinajstić information content (AvgIpc) is 2.70. The van der Waals surface area contributed by atoms with Crippen molar-refractivity contribution in [3.8, 4) is 0 Å². The number of alkyl halides is 1. The van der Waals surface area contributed by atoms with Crippen molar-refractivity contribution >= 4 is 23.3 Å². The Hall–Kier alpha value is -1.39. The first-order chi connectivity index (χ1) is 9.06. The van der Waals surface area contributed by atoms with Crippen molar-refractivity contribution in [2.45, 2.75) is 18.3 Å². The van der Waals surface area contributed by atoms with E-state index in [2.05, 4.69) is 5.32 Å². The van der Waals surface area contributed by atoms with Gasteiger partial charge >= 0.3 is 0 Å². The van der Waals surface area contributed by atoms with Crippen molar-refractivity contribution in [3.05, 3.63) is 35.9 Å². The van der Waals surface area contributed by atoms with Crippen molar-refractivity contribution in [2.24, 2.45) is 0 Å². The van der Waals surface area contributed by atoms with Crippen molar-refractivity contribution < 1.29 is 9.59 Å². The molecule has 102 valence electrons. The highest BCUT2D eigenvalue weighted by molar-refractivity contribution is 6.21. The fourth-order valence-corrected chi connectivity index (χ4v) is 2.62. The van der Waals surface area contributed by atoms with E-state index in [1.54, 1.807) is 0 Å². The highest BCUT2D eigenvalue weighted by Gasteiger charge is 2.32. The number of benzene rings is 1. The van der Waals surface area contributed by atoms with Crippen LogP contribution in [0.1, 0.15) is 17.3 Å². The third kappa shape index (κ3) is 3.78. The average molecular weight is 281 g/mol. The Bertz CT molecular complexity index is 464. The van der Waals surface area contributed by atoms with Crippen LogP contribution in [-0.2, 0) is 4.79 Å². The predicted octanol–water partition coefficient (Wildman–Crippen LogP) is 1.30. The number of Topliss-reactive ketones (excluding diaryl/α,β-unsaturated/α-hetero) is 1. The second-order valence-electron chi connectivity index (χ2n) is 4.81. The number of carbonyl (C=O) groups is 2. The summed E-state index contributed by atoms with van der Waals surface area (Å²) in [4.78, 5) is 25.1. The molecule has 1 aliphatic rings. The summed E-state index contributed by atoms with van der Waals surface area (Å²) in [5.41, 5.74) is 0.705. The number of carbonyl (C=O) groups excluding carboxylic acids is 2. The summed E-state index contributed by atoms with van der Waals surface area (Å²) in [5, 5.41) is 2.66. The molecule has 1 heterocycles. The normalized spacial score (nSPS) is 23.3. The standard InChI is InChI=1S/C14H17ClN2O2/c1-10(18)16-13-8-17(7-12(13)15)9-14(19)11-5-3-2-4-6-11/h2-6,12-13H,7-9H2,1H3,(H,16,18). The van der Waals surface area contributed by atoms with Crippen LogP contribution < -0.4 is 5.32 Å². The molecule has 0 aromatic heterocycles. The Kier molecular flexibility index (Phi) is 4.56. The van der Waals surface area contributed by atoms with E-state index >= 15 is 0 Å². The molecule has 5 heteroatoms.